The fourth-order valence-corrected chi connectivity index (χ4v) is 6.63. The van der Waals surface area contributed by atoms with Crippen LogP contribution in [0.4, 0.5) is 0 Å². The summed E-state index contributed by atoms with van der Waals surface area (Å²) >= 11 is 0. The molecule has 0 aromatic rings. The van der Waals surface area contributed by atoms with E-state index in [1.54, 1.807) is 0 Å². The molecule has 0 bridgehead atoms. The number of hydrogen-bond acceptors (Lipinski definition) is 22. The first-order valence-corrected chi connectivity index (χ1v) is 16.4. The Kier molecular flexibility index (Phi) is 22.9. The first kappa shape index (κ1) is 55.8. The quantitative estimate of drug-likeness (QED) is 0.0643. The van der Waals surface area contributed by atoms with E-state index < -0.39 is 165 Å². The van der Waals surface area contributed by atoms with Crippen molar-refractivity contribution < 1.29 is 198 Å². The maximum Gasteiger partial charge on any atom is 1.00 e. The number of aliphatic carboxylic acids is 3. The van der Waals surface area contributed by atoms with Crippen molar-refractivity contribution in [3.63, 3.8) is 0 Å². The van der Waals surface area contributed by atoms with Gasteiger partial charge in [-0.1, -0.05) is 20.8 Å². The third-order valence-corrected chi connectivity index (χ3v) is 10.1. The Labute approximate surface area is 381 Å². The third-order valence-electron chi connectivity index (χ3n) is 10.1. The summed E-state index contributed by atoms with van der Waals surface area (Å²) in [6.07, 6.45) is -26.2. The molecule has 25 heteroatoms. The van der Waals surface area contributed by atoms with Crippen molar-refractivity contribution in [3.8, 4) is 0 Å². The molecule has 0 radical (unpaired) electrons. The van der Waals surface area contributed by atoms with Gasteiger partial charge in [-0.3, -0.25) is 0 Å². The second kappa shape index (κ2) is 22.6. The predicted molar refractivity (Wildman–Crippen MR) is 154 cm³/mol. The van der Waals surface area contributed by atoms with Crippen LogP contribution in [0.25, 0.3) is 0 Å². The maximum atomic E-state index is 12.6. The van der Waals surface area contributed by atoms with Gasteiger partial charge in [0.2, 0.25) is 17.4 Å². The molecule has 55 heavy (non-hydrogen) atoms. The zero-order chi connectivity index (χ0) is 39.7. The largest absolute Gasteiger partial charge is 1.00 e. The van der Waals surface area contributed by atoms with E-state index in [9.17, 15) is 85.9 Å². The molecular formula is C30H47Na3O22. The van der Waals surface area contributed by atoms with Crippen molar-refractivity contribution in [1.29, 1.82) is 0 Å². The summed E-state index contributed by atoms with van der Waals surface area (Å²) in [7, 11) is 0. The van der Waals surface area contributed by atoms with Crippen LogP contribution in [0.1, 0.15) is 40.0 Å². The Balaban J connectivity index is 0.00000972. The van der Waals surface area contributed by atoms with Gasteiger partial charge in [-0.15, -0.1) is 0 Å². The number of carbonyl (C=O) groups excluding carboxylic acids is 3. The fourth-order valence-electron chi connectivity index (χ4n) is 6.63. The van der Waals surface area contributed by atoms with E-state index in [0.29, 0.717) is 0 Å². The van der Waals surface area contributed by atoms with E-state index in [1.165, 1.54) is 20.8 Å². The Morgan fingerprint density at radius 1 is 0.600 bits per heavy atom. The van der Waals surface area contributed by atoms with Crippen molar-refractivity contribution in [3.05, 3.63) is 0 Å². The Bertz CT molecular complexity index is 1260. The predicted octanol–water partition coefficient (Wildman–Crippen LogP) is -19.1. The van der Waals surface area contributed by atoms with Crippen molar-refractivity contribution in [2.45, 2.75) is 131 Å². The van der Waals surface area contributed by atoms with Gasteiger partial charge in [-0.25, -0.2) is 0 Å². The molecular weight excluding hydrogens is 781 g/mol. The first-order chi connectivity index (χ1) is 24.0. The molecule has 3 saturated heterocycles. The zero-order valence-electron chi connectivity index (χ0n) is 31.3. The van der Waals surface area contributed by atoms with Crippen LogP contribution >= 0.6 is 0 Å². The number of hydrogen-bond donors (Lipinski definition) is 11. The fraction of sp³-hybridized carbons (Fsp3) is 0.900. The molecule has 3 heterocycles. The van der Waals surface area contributed by atoms with Crippen molar-refractivity contribution in [2.75, 3.05) is 19.8 Å². The second-order valence-electron chi connectivity index (χ2n) is 13.7. The van der Waals surface area contributed by atoms with Gasteiger partial charge in [-0.2, -0.15) is 0 Å². The van der Waals surface area contributed by atoms with E-state index in [1.807, 2.05) is 0 Å². The number of carboxylic acids is 3. The van der Waals surface area contributed by atoms with Gasteiger partial charge in [-0.05, 0) is 0 Å². The Morgan fingerprint density at radius 3 is 1.24 bits per heavy atom. The molecule has 22 nitrogen and oxygen atoms in total. The number of aliphatic hydroxyl groups excluding tert-OH is 10. The number of ether oxygens (including phenoxy) is 5. The van der Waals surface area contributed by atoms with Crippen LogP contribution in [0.3, 0.4) is 0 Å². The van der Waals surface area contributed by atoms with Crippen LogP contribution in [-0.2, 0) is 38.1 Å². The number of rotatable bonds is 16. The standard InChI is InChI=1S/C30H50O22.3Na/c1-10-13(34)4-28(47,25(41)42)50-23(10)20(39)17(8-32)48-30(27(45)46)6-15(36)12(3)24(52-30)21(40)18(9-33)49-29(26(43)44)5-14(35)11(2)22(51-29)19(38)16(37)7-31;;;/h10-24,31-40,47H,4-9H2,1-3H3,(H,41,42)(H,43,44)(H,45,46);;;/q;3*+1/p-3/t10-,11-,12-,13-,14-,15-,16-,17?,18?,19-,20-,21-,22?,23?,24?,28-,29-,30-;;;/m1.../s1. The topological polar surface area (TPSA) is 389 Å². The molecule has 0 aromatic carbocycles. The maximum absolute atomic E-state index is 12.6. The van der Waals surface area contributed by atoms with Crippen molar-refractivity contribution in [1.82, 2.24) is 0 Å². The summed E-state index contributed by atoms with van der Waals surface area (Å²) in [5, 5.41) is 151. The molecule has 0 aliphatic carbocycles. The van der Waals surface area contributed by atoms with E-state index in [0.717, 1.165) is 0 Å². The van der Waals surface area contributed by atoms with Crippen LogP contribution in [0.5, 0.6) is 0 Å². The van der Waals surface area contributed by atoms with Gasteiger partial charge < -0.3 is 110 Å². The van der Waals surface area contributed by atoms with Crippen LogP contribution in [-0.4, -0.2) is 185 Å². The van der Waals surface area contributed by atoms with Crippen molar-refractivity contribution >= 4 is 17.9 Å². The molecule has 0 amide bonds. The molecule has 3 aliphatic heterocycles. The summed E-state index contributed by atoms with van der Waals surface area (Å²) in [5.74, 6) is -19.6. The summed E-state index contributed by atoms with van der Waals surface area (Å²) in [4.78, 5) is 36.5. The first-order valence-electron chi connectivity index (χ1n) is 16.4. The molecule has 0 spiro atoms. The molecule has 18 atom stereocenters. The van der Waals surface area contributed by atoms with Crippen LogP contribution in [0.15, 0.2) is 0 Å². The molecule has 0 saturated carbocycles. The molecule has 302 valence electrons. The van der Waals surface area contributed by atoms with Crippen molar-refractivity contribution in [2.24, 2.45) is 17.8 Å². The van der Waals surface area contributed by atoms with E-state index >= 15 is 0 Å². The number of aliphatic hydroxyl groups is 11. The van der Waals surface area contributed by atoms with Gasteiger partial charge in [0.25, 0.3) is 0 Å². The normalized spacial score (nSPS) is 39.7. The van der Waals surface area contributed by atoms with Crippen LogP contribution in [0.2, 0.25) is 0 Å². The summed E-state index contributed by atoms with van der Waals surface area (Å²) in [5.41, 5.74) is 0. The van der Waals surface area contributed by atoms with E-state index in [4.69, 9.17) is 23.7 Å². The van der Waals surface area contributed by atoms with Crippen LogP contribution in [0, 0.1) is 17.8 Å². The van der Waals surface area contributed by atoms with Gasteiger partial charge >= 0.3 is 88.7 Å². The van der Waals surface area contributed by atoms with E-state index in [-0.39, 0.29) is 88.7 Å². The summed E-state index contributed by atoms with van der Waals surface area (Å²) in [6, 6.07) is 0. The minimum Gasteiger partial charge on any atom is -0.544 e. The van der Waals surface area contributed by atoms with E-state index in [2.05, 4.69) is 0 Å². The van der Waals surface area contributed by atoms with Gasteiger partial charge in [0.05, 0.1) is 56.4 Å². The average molecular weight is 829 g/mol. The van der Waals surface area contributed by atoms with Gasteiger partial charge in [0, 0.05) is 37.0 Å². The number of carboxylic acid groups (broad SMARTS) is 3. The van der Waals surface area contributed by atoms with Gasteiger partial charge in [0.1, 0.15) is 54.5 Å². The SMILES string of the molecule is C[C@H]1C([C@H](O)C(CO)O[C@]2(C(=O)[O-])C[C@@H](O)[C@@H](C)C([C@H](O)C(CO)O[C@]3(C(=O)[O-])C[C@@H](O)[C@@H](C)C([C@H](O)[C@H](O)CO)O3)O2)O[C@@](O)(C(=O)[O-])C[C@H]1O.[Na+].[Na+].[Na+]. The molecule has 3 rings (SSSR count). The van der Waals surface area contributed by atoms with Gasteiger partial charge in [0.15, 0.2) is 0 Å². The second-order valence-corrected chi connectivity index (χ2v) is 13.7. The zero-order valence-corrected chi connectivity index (χ0v) is 37.3. The molecule has 0 aromatic heterocycles. The molecule has 11 N–H and O–H groups in total. The average Bonchev–Trinajstić information content (AvgIpc) is 3.09. The molecule has 3 fully saturated rings. The number of carbonyl (C=O) groups is 3. The summed E-state index contributed by atoms with van der Waals surface area (Å²) in [6.45, 7) is 0.238. The molecule has 5 unspecified atom stereocenters. The minimum absolute atomic E-state index is 0. The Morgan fingerprint density at radius 2 is 0.927 bits per heavy atom. The monoisotopic (exact) mass is 828 g/mol. The minimum atomic E-state index is -3.18. The third kappa shape index (κ3) is 12.0. The smallest absolute Gasteiger partial charge is 0.544 e. The van der Waals surface area contributed by atoms with Crippen LogP contribution < -0.4 is 104 Å². The summed E-state index contributed by atoms with van der Waals surface area (Å²) < 4.78 is 27.0. The Hall–Kier alpha value is 0.770. The molecule has 3 aliphatic rings.